The highest BCUT2D eigenvalue weighted by atomic mass is 16.5. The summed E-state index contributed by atoms with van der Waals surface area (Å²) >= 11 is 0. The molecule has 1 aliphatic carbocycles. The molecule has 1 heterocycles. The van der Waals surface area contributed by atoms with Crippen LogP contribution in [0.25, 0.3) is 0 Å². The molecule has 0 radical (unpaired) electrons. The van der Waals surface area contributed by atoms with E-state index < -0.39 is 0 Å². The maximum Gasteiger partial charge on any atom is 0.309 e. The first-order valence-electron chi connectivity index (χ1n) is 7.35. The van der Waals surface area contributed by atoms with Crippen LogP contribution in [-0.4, -0.2) is 12.1 Å². The van der Waals surface area contributed by atoms with Gasteiger partial charge in [-0.3, -0.25) is 4.79 Å². The molecule has 0 aromatic heterocycles. The fraction of sp³-hybridized carbons (Fsp3) is 0.933. The fourth-order valence-corrected chi connectivity index (χ4v) is 3.22. The first kappa shape index (κ1) is 12.9. The summed E-state index contributed by atoms with van der Waals surface area (Å²) in [4.78, 5) is 11.7. The Morgan fingerprint density at radius 2 is 1.71 bits per heavy atom. The summed E-state index contributed by atoms with van der Waals surface area (Å²) < 4.78 is 5.32. The quantitative estimate of drug-likeness (QED) is 0.696. The molecule has 2 nitrogen and oxygen atoms in total. The van der Waals surface area contributed by atoms with Crippen molar-refractivity contribution >= 4 is 5.97 Å². The molecule has 0 aromatic rings. The van der Waals surface area contributed by atoms with Gasteiger partial charge in [-0.25, -0.2) is 0 Å². The second-order valence-corrected chi connectivity index (χ2v) is 6.23. The van der Waals surface area contributed by atoms with Crippen molar-refractivity contribution in [2.45, 2.75) is 71.3 Å². The van der Waals surface area contributed by atoms with Crippen molar-refractivity contribution in [3.8, 4) is 0 Å². The summed E-state index contributed by atoms with van der Waals surface area (Å²) in [6.07, 6.45) is 10.1. The minimum atomic E-state index is 0.0629. The molecule has 2 atom stereocenters. The number of esters is 1. The van der Waals surface area contributed by atoms with Crippen LogP contribution < -0.4 is 0 Å². The second kappa shape index (κ2) is 5.88. The topological polar surface area (TPSA) is 26.3 Å². The first-order chi connectivity index (χ1) is 8.15. The highest BCUT2D eigenvalue weighted by molar-refractivity contribution is 5.73. The summed E-state index contributed by atoms with van der Waals surface area (Å²) in [6.45, 7) is 4.35. The summed E-state index contributed by atoms with van der Waals surface area (Å²) in [5.41, 5.74) is 0. The van der Waals surface area contributed by atoms with E-state index in [1.165, 1.54) is 32.1 Å². The Hall–Kier alpha value is -0.530. The van der Waals surface area contributed by atoms with Crippen LogP contribution in [0.2, 0.25) is 0 Å². The van der Waals surface area contributed by atoms with Crippen molar-refractivity contribution in [1.82, 2.24) is 0 Å². The van der Waals surface area contributed by atoms with Crippen LogP contribution in [0.15, 0.2) is 0 Å². The third-order valence-corrected chi connectivity index (χ3v) is 4.63. The van der Waals surface area contributed by atoms with E-state index in [0.29, 0.717) is 0 Å². The van der Waals surface area contributed by atoms with E-state index in [1.54, 1.807) is 0 Å². The van der Waals surface area contributed by atoms with Gasteiger partial charge in [0.1, 0.15) is 0 Å². The summed E-state index contributed by atoms with van der Waals surface area (Å²) in [5.74, 6) is 2.06. The molecule has 17 heavy (non-hydrogen) atoms. The predicted molar refractivity (Wildman–Crippen MR) is 68.6 cm³/mol. The van der Waals surface area contributed by atoms with Gasteiger partial charge in [0.05, 0.1) is 12.0 Å². The number of hydrogen-bond donors (Lipinski definition) is 0. The van der Waals surface area contributed by atoms with Crippen LogP contribution in [-0.2, 0) is 9.53 Å². The lowest BCUT2D eigenvalue weighted by Crippen LogP contribution is -2.29. The molecular formula is C15H26O2. The molecule has 0 spiro atoms. The molecule has 0 aromatic carbocycles. The molecule has 0 N–H and O–H groups in total. The van der Waals surface area contributed by atoms with Crippen molar-refractivity contribution in [2.24, 2.45) is 17.8 Å². The van der Waals surface area contributed by atoms with Gasteiger partial charge in [-0.1, -0.05) is 32.6 Å². The number of cyclic esters (lactones) is 1. The lowest BCUT2D eigenvalue weighted by atomic mass is 9.79. The fourth-order valence-electron chi connectivity index (χ4n) is 3.22. The SMILES string of the molecule is CC1CCC(CCC2CCC(C)OC2=O)CC1. The Kier molecular flexibility index (Phi) is 4.47. The molecule has 2 rings (SSSR count). The minimum absolute atomic E-state index is 0.0629. The highest BCUT2D eigenvalue weighted by Gasteiger charge is 2.28. The second-order valence-electron chi connectivity index (χ2n) is 6.23. The minimum Gasteiger partial charge on any atom is -0.462 e. The smallest absolute Gasteiger partial charge is 0.309 e. The third-order valence-electron chi connectivity index (χ3n) is 4.63. The Morgan fingerprint density at radius 3 is 2.35 bits per heavy atom. The molecule has 2 heteroatoms. The monoisotopic (exact) mass is 238 g/mol. The third kappa shape index (κ3) is 3.72. The van der Waals surface area contributed by atoms with Gasteiger partial charge in [0, 0.05) is 0 Å². The Bertz CT molecular complexity index is 254. The summed E-state index contributed by atoms with van der Waals surface area (Å²) in [7, 11) is 0. The molecule has 2 aliphatic rings. The highest BCUT2D eigenvalue weighted by Crippen LogP contribution is 2.33. The molecule has 0 amide bonds. The van der Waals surface area contributed by atoms with Gasteiger partial charge in [0.2, 0.25) is 0 Å². The summed E-state index contributed by atoms with van der Waals surface area (Å²) in [6, 6.07) is 0. The molecule has 1 saturated carbocycles. The number of carbonyl (C=O) groups is 1. The van der Waals surface area contributed by atoms with Crippen LogP contribution in [0, 0.1) is 17.8 Å². The van der Waals surface area contributed by atoms with E-state index in [1.807, 2.05) is 6.92 Å². The van der Waals surface area contributed by atoms with Gasteiger partial charge in [-0.15, -0.1) is 0 Å². The van der Waals surface area contributed by atoms with Crippen LogP contribution in [0.3, 0.4) is 0 Å². The maximum absolute atomic E-state index is 11.7. The Balaban J connectivity index is 1.69. The molecule has 1 aliphatic heterocycles. The summed E-state index contributed by atoms with van der Waals surface area (Å²) in [5, 5.41) is 0. The van der Waals surface area contributed by atoms with Gasteiger partial charge in [0.25, 0.3) is 0 Å². The molecule has 1 saturated heterocycles. The number of carbonyl (C=O) groups excluding carboxylic acids is 1. The molecular weight excluding hydrogens is 212 g/mol. The zero-order chi connectivity index (χ0) is 12.3. The van der Waals surface area contributed by atoms with E-state index in [4.69, 9.17) is 4.74 Å². The average Bonchev–Trinajstić information content (AvgIpc) is 2.30. The van der Waals surface area contributed by atoms with E-state index >= 15 is 0 Å². The van der Waals surface area contributed by atoms with Gasteiger partial charge in [-0.2, -0.15) is 0 Å². The normalized spacial score (nSPS) is 38.8. The Morgan fingerprint density at radius 1 is 1.00 bits per heavy atom. The van der Waals surface area contributed by atoms with Crippen molar-refractivity contribution < 1.29 is 9.53 Å². The van der Waals surface area contributed by atoms with Gasteiger partial charge < -0.3 is 4.74 Å². The predicted octanol–water partition coefficient (Wildman–Crippen LogP) is 3.93. The standard InChI is InChI=1S/C15H26O2/c1-11-3-6-13(7-4-11)8-10-14-9-5-12(2)17-15(14)16/h11-14H,3-10H2,1-2H3. The van der Waals surface area contributed by atoms with Crippen molar-refractivity contribution in [2.75, 3.05) is 0 Å². The molecule has 0 bridgehead atoms. The van der Waals surface area contributed by atoms with Crippen LogP contribution in [0.1, 0.15) is 65.2 Å². The van der Waals surface area contributed by atoms with Crippen molar-refractivity contribution in [3.05, 3.63) is 0 Å². The zero-order valence-corrected chi connectivity index (χ0v) is 11.3. The van der Waals surface area contributed by atoms with Crippen molar-refractivity contribution in [3.63, 3.8) is 0 Å². The van der Waals surface area contributed by atoms with Gasteiger partial charge in [0.15, 0.2) is 0 Å². The van der Waals surface area contributed by atoms with E-state index in [-0.39, 0.29) is 18.0 Å². The lowest BCUT2D eigenvalue weighted by Gasteiger charge is -2.29. The van der Waals surface area contributed by atoms with Crippen molar-refractivity contribution in [1.29, 1.82) is 0 Å². The number of rotatable bonds is 3. The van der Waals surface area contributed by atoms with Gasteiger partial charge in [-0.05, 0) is 44.4 Å². The van der Waals surface area contributed by atoms with E-state index in [0.717, 1.165) is 31.1 Å². The average molecular weight is 238 g/mol. The van der Waals surface area contributed by atoms with Crippen LogP contribution in [0.4, 0.5) is 0 Å². The van der Waals surface area contributed by atoms with Crippen LogP contribution in [0.5, 0.6) is 0 Å². The molecule has 2 unspecified atom stereocenters. The number of hydrogen-bond acceptors (Lipinski definition) is 2. The van der Waals surface area contributed by atoms with Gasteiger partial charge >= 0.3 is 5.97 Å². The number of ether oxygens (including phenoxy) is 1. The molecule has 98 valence electrons. The van der Waals surface area contributed by atoms with Crippen LogP contribution >= 0.6 is 0 Å². The maximum atomic E-state index is 11.7. The lowest BCUT2D eigenvalue weighted by molar-refractivity contribution is -0.159. The zero-order valence-electron chi connectivity index (χ0n) is 11.3. The Labute approximate surface area is 105 Å². The molecule has 2 fully saturated rings. The van der Waals surface area contributed by atoms with E-state index in [2.05, 4.69) is 6.92 Å². The first-order valence-corrected chi connectivity index (χ1v) is 7.35. The largest absolute Gasteiger partial charge is 0.462 e. The van der Waals surface area contributed by atoms with E-state index in [9.17, 15) is 4.79 Å².